The quantitative estimate of drug-likeness (QED) is 0.346. The summed E-state index contributed by atoms with van der Waals surface area (Å²) >= 11 is 0. The van der Waals surface area contributed by atoms with E-state index in [1.165, 1.54) is 19.3 Å². The van der Waals surface area contributed by atoms with E-state index in [0.717, 1.165) is 12.8 Å². The molecule has 0 aliphatic rings. The summed E-state index contributed by atoms with van der Waals surface area (Å²) in [6.45, 7) is 7.59. The Hall–Kier alpha value is 0.0274. The molecule has 0 fully saturated rings. The number of carboxylic acids is 1. The van der Waals surface area contributed by atoms with Crippen LogP contribution in [0.4, 0.5) is 0 Å². The van der Waals surface area contributed by atoms with Crippen LogP contribution >= 0.6 is 0 Å². The minimum Gasteiger partial charge on any atom is -0.480 e. The third-order valence-corrected chi connectivity index (χ3v) is 1.62. The monoisotopic (exact) mass is 210 g/mol. The van der Waals surface area contributed by atoms with E-state index in [2.05, 4.69) is 13.8 Å². The molecule has 0 spiro atoms. The normalized spacial score (nSPS) is 8.47. The fraction of sp³-hybridized carbons (Fsp3) is 0.818. The maximum atomic E-state index is 10.0. The van der Waals surface area contributed by atoms with Crippen LogP contribution in [0.2, 0.25) is 0 Å². The zero-order valence-corrected chi connectivity index (χ0v) is 10.4. The van der Waals surface area contributed by atoms with Crippen molar-refractivity contribution in [1.82, 2.24) is 0 Å². The van der Waals surface area contributed by atoms with Gasteiger partial charge in [0.15, 0.2) is 0 Å². The number of hydrogen-bond donors (Lipinski definition) is 1. The molecule has 3 nitrogen and oxygen atoms in total. The Morgan fingerprint density at radius 3 is 2.20 bits per heavy atom. The molecule has 0 saturated carbocycles. The van der Waals surface area contributed by atoms with Crippen molar-refractivity contribution in [1.29, 1.82) is 0 Å². The average Bonchev–Trinajstić information content (AvgIpc) is 2.19. The third-order valence-electron chi connectivity index (χ3n) is 1.62. The molecule has 0 atom stereocenters. The smallest absolute Gasteiger partial charge is 0.480 e. The van der Waals surface area contributed by atoms with Gasteiger partial charge in [-0.05, 0) is 6.42 Å². The van der Waals surface area contributed by atoms with E-state index >= 15 is 0 Å². The Balaban J connectivity index is -0.000000449. The van der Waals surface area contributed by atoms with Crippen LogP contribution in [0, 0.1) is 6.92 Å². The second-order valence-electron chi connectivity index (χ2n) is 2.86. The molecule has 0 aromatic carbocycles. The molecule has 0 aliphatic carbocycles. The van der Waals surface area contributed by atoms with Gasteiger partial charge < -0.3 is 16.8 Å². The average molecular weight is 210 g/mol. The first-order chi connectivity index (χ1) is 6.77. The molecule has 0 radical (unpaired) electrons. The van der Waals surface area contributed by atoms with Gasteiger partial charge in [-0.2, -0.15) is 6.92 Å². The number of unbranched alkanes of at least 4 members (excludes halogenated alkanes) is 4. The SMILES string of the molecule is CCCCCCCOCC(=O)O.[CH2-]C.[Li+]. The van der Waals surface area contributed by atoms with Gasteiger partial charge in [0.25, 0.3) is 0 Å². The van der Waals surface area contributed by atoms with E-state index in [-0.39, 0.29) is 25.5 Å². The van der Waals surface area contributed by atoms with Gasteiger partial charge in [0.1, 0.15) is 6.61 Å². The summed E-state index contributed by atoms with van der Waals surface area (Å²) in [5.74, 6) is -0.886. The number of rotatable bonds is 8. The predicted molar refractivity (Wildman–Crippen MR) is 58.2 cm³/mol. The van der Waals surface area contributed by atoms with E-state index in [1.54, 1.807) is 6.92 Å². The second kappa shape index (κ2) is 19.6. The Morgan fingerprint density at radius 2 is 1.73 bits per heavy atom. The van der Waals surface area contributed by atoms with Crippen LogP contribution in [-0.2, 0) is 9.53 Å². The molecule has 0 rings (SSSR count). The van der Waals surface area contributed by atoms with Crippen molar-refractivity contribution in [2.45, 2.75) is 46.0 Å². The fourth-order valence-corrected chi connectivity index (χ4v) is 0.967. The first-order valence-electron chi connectivity index (χ1n) is 5.27. The van der Waals surface area contributed by atoms with Crippen LogP contribution in [0.1, 0.15) is 46.0 Å². The van der Waals surface area contributed by atoms with Gasteiger partial charge in [-0.1, -0.05) is 32.6 Å². The van der Waals surface area contributed by atoms with Gasteiger partial charge in [0.05, 0.1) is 0 Å². The van der Waals surface area contributed by atoms with Crippen molar-refractivity contribution in [2.24, 2.45) is 0 Å². The van der Waals surface area contributed by atoms with Crippen LogP contribution in [0.25, 0.3) is 0 Å². The largest absolute Gasteiger partial charge is 1.00 e. The summed E-state index contributed by atoms with van der Waals surface area (Å²) in [6.07, 6.45) is 5.85. The number of carboxylic acid groups (broad SMARTS) is 1. The fourth-order valence-electron chi connectivity index (χ4n) is 0.967. The summed E-state index contributed by atoms with van der Waals surface area (Å²) in [4.78, 5) is 10.0. The van der Waals surface area contributed by atoms with E-state index in [1.807, 2.05) is 0 Å². The minimum absolute atomic E-state index is 0. The Morgan fingerprint density at radius 1 is 1.20 bits per heavy atom. The molecule has 0 aromatic rings. The van der Waals surface area contributed by atoms with Crippen LogP contribution in [0.3, 0.4) is 0 Å². The van der Waals surface area contributed by atoms with Gasteiger partial charge in [-0.25, -0.2) is 4.79 Å². The molecule has 0 heterocycles. The summed E-state index contributed by atoms with van der Waals surface area (Å²) in [6, 6.07) is 0. The zero-order chi connectivity index (χ0) is 11.2. The summed E-state index contributed by atoms with van der Waals surface area (Å²) in [5.41, 5.74) is 0. The Kier molecular flexibility index (Phi) is 26.7. The van der Waals surface area contributed by atoms with Crippen molar-refractivity contribution in [2.75, 3.05) is 13.2 Å². The summed E-state index contributed by atoms with van der Waals surface area (Å²) in [7, 11) is 0. The first kappa shape index (κ1) is 20.4. The molecular formula is C11H23LiO3. The molecule has 0 unspecified atom stereocenters. The molecule has 0 bridgehead atoms. The van der Waals surface area contributed by atoms with Crippen molar-refractivity contribution < 1.29 is 33.5 Å². The molecule has 86 valence electrons. The molecule has 0 saturated heterocycles. The van der Waals surface area contributed by atoms with Crippen molar-refractivity contribution in [3.63, 3.8) is 0 Å². The van der Waals surface area contributed by atoms with E-state index in [4.69, 9.17) is 9.84 Å². The maximum Gasteiger partial charge on any atom is 1.00 e. The molecule has 1 N–H and O–H groups in total. The van der Waals surface area contributed by atoms with Crippen molar-refractivity contribution in [3.8, 4) is 0 Å². The van der Waals surface area contributed by atoms with E-state index in [9.17, 15) is 4.79 Å². The van der Waals surface area contributed by atoms with Gasteiger partial charge in [0.2, 0.25) is 0 Å². The summed E-state index contributed by atoms with van der Waals surface area (Å²) in [5, 5.41) is 8.23. The molecule has 0 aromatic heterocycles. The Bertz CT molecular complexity index is 118. The van der Waals surface area contributed by atoms with Crippen molar-refractivity contribution in [3.05, 3.63) is 6.92 Å². The van der Waals surface area contributed by atoms with Crippen LogP contribution < -0.4 is 18.9 Å². The molecule has 15 heavy (non-hydrogen) atoms. The van der Waals surface area contributed by atoms with Crippen LogP contribution in [0.5, 0.6) is 0 Å². The maximum absolute atomic E-state index is 10.0. The zero-order valence-electron chi connectivity index (χ0n) is 10.4. The number of aliphatic carboxylic acids is 1. The van der Waals surface area contributed by atoms with Gasteiger partial charge in [0, 0.05) is 6.61 Å². The van der Waals surface area contributed by atoms with E-state index in [0.29, 0.717) is 6.61 Å². The van der Waals surface area contributed by atoms with Crippen LogP contribution in [0.15, 0.2) is 0 Å². The molecule has 4 heteroatoms. The standard InChI is InChI=1S/C9H18O3.C2H5.Li/c1-2-3-4-5-6-7-12-8-9(10)11;1-2;/h2-8H2,1H3,(H,10,11);1H2,2H3;/q;-1;+1. The molecular weight excluding hydrogens is 187 g/mol. The first-order valence-corrected chi connectivity index (χ1v) is 5.27. The molecule has 0 aliphatic heterocycles. The summed E-state index contributed by atoms with van der Waals surface area (Å²) < 4.78 is 4.88. The predicted octanol–water partition coefficient (Wildman–Crippen LogP) is -0.0976. The van der Waals surface area contributed by atoms with E-state index < -0.39 is 5.97 Å². The minimum atomic E-state index is -0.886. The van der Waals surface area contributed by atoms with Crippen LogP contribution in [-0.4, -0.2) is 24.3 Å². The second-order valence-corrected chi connectivity index (χ2v) is 2.86. The van der Waals surface area contributed by atoms with Gasteiger partial charge >= 0.3 is 24.8 Å². The van der Waals surface area contributed by atoms with Gasteiger partial charge in [-0.15, -0.1) is 0 Å². The Labute approximate surface area is 106 Å². The molecule has 0 amide bonds. The number of carbonyl (C=O) groups is 1. The topological polar surface area (TPSA) is 46.5 Å². The van der Waals surface area contributed by atoms with Gasteiger partial charge in [-0.3, -0.25) is 0 Å². The number of hydrogen-bond acceptors (Lipinski definition) is 2. The number of ether oxygens (including phenoxy) is 1. The third kappa shape index (κ3) is 24.9. The van der Waals surface area contributed by atoms with Crippen molar-refractivity contribution >= 4 is 5.97 Å².